The third kappa shape index (κ3) is 2.46. The smallest absolute Gasteiger partial charge is 0.233 e. The second-order valence-electron chi connectivity index (χ2n) is 4.19. The summed E-state index contributed by atoms with van der Waals surface area (Å²) in [4.78, 5) is 13.4. The maximum Gasteiger partial charge on any atom is 0.233 e. The van der Waals surface area contributed by atoms with Crippen LogP contribution in [0.3, 0.4) is 0 Å². The Bertz CT molecular complexity index is 454. The summed E-state index contributed by atoms with van der Waals surface area (Å²) >= 11 is 12.3. The van der Waals surface area contributed by atoms with Crippen LogP contribution in [-0.4, -0.2) is 10.9 Å². The standard InChI is InChI=1S/C11H13ClN2OS2/c12-8-3-2-7(17-8)6-14-10(15)11(9(13)16)4-1-5-11/h2-3H,1,4-6H2,(H2,13,16)(H,14,15). The van der Waals surface area contributed by atoms with Crippen LogP contribution in [0.5, 0.6) is 0 Å². The van der Waals surface area contributed by atoms with Gasteiger partial charge < -0.3 is 11.1 Å². The maximum atomic E-state index is 12.1. The number of carbonyl (C=O) groups excluding carboxylic acids is 1. The molecule has 1 aliphatic carbocycles. The van der Waals surface area contributed by atoms with Gasteiger partial charge in [0.15, 0.2) is 0 Å². The summed E-state index contributed by atoms with van der Waals surface area (Å²) in [5.74, 6) is -0.0548. The number of rotatable bonds is 4. The van der Waals surface area contributed by atoms with Gasteiger partial charge in [0.2, 0.25) is 5.91 Å². The molecule has 3 N–H and O–H groups in total. The van der Waals surface area contributed by atoms with Crippen molar-refractivity contribution in [2.75, 3.05) is 0 Å². The fourth-order valence-electron chi connectivity index (χ4n) is 1.90. The SMILES string of the molecule is NC(=S)C1(C(=O)NCc2ccc(Cl)s2)CCC1. The second kappa shape index (κ2) is 4.92. The van der Waals surface area contributed by atoms with Crippen LogP contribution >= 0.6 is 35.2 Å². The molecule has 17 heavy (non-hydrogen) atoms. The van der Waals surface area contributed by atoms with Crippen molar-refractivity contribution in [3.63, 3.8) is 0 Å². The second-order valence-corrected chi connectivity index (χ2v) is 6.43. The zero-order valence-corrected chi connectivity index (χ0v) is 11.6. The van der Waals surface area contributed by atoms with Crippen LogP contribution in [0.4, 0.5) is 0 Å². The summed E-state index contributed by atoms with van der Waals surface area (Å²) < 4.78 is 0.724. The number of hydrogen-bond donors (Lipinski definition) is 2. The Kier molecular flexibility index (Phi) is 3.70. The number of nitrogens with two attached hydrogens (primary N) is 1. The molecule has 92 valence electrons. The highest BCUT2D eigenvalue weighted by molar-refractivity contribution is 7.80. The third-order valence-electron chi connectivity index (χ3n) is 3.17. The van der Waals surface area contributed by atoms with Crippen molar-refractivity contribution < 1.29 is 4.79 Å². The maximum absolute atomic E-state index is 12.1. The van der Waals surface area contributed by atoms with Gasteiger partial charge in [-0.3, -0.25) is 4.79 Å². The molecule has 1 heterocycles. The molecule has 2 rings (SSSR count). The van der Waals surface area contributed by atoms with Gasteiger partial charge in [-0.1, -0.05) is 30.2 Å². The lowest BCUT2D eigenvalue weighted by molar-refractivity contribution is -0.130. The predicted molar refractivity (Wildman–Crippen MR) is 74.2 cm³/mol. The van der Waals surface area contributed by atoms with E-state index >= 15 is 0 Å². The van der Waals surface area contributed by atoms with E-state index in [-0.39, 0.29) is 5.91 Å². The van der Waals surface area contributed by atoms with Crippen LogP contribution in [0.15, 0.2) is 12.1 Å². The van der Waals surface area contributed by atoms with Crippen molar-refractivity contribution in [2.45, 2.75) is 25.8 Å². The quantitative estimate of drug-likeness (QED) is 0.837. The lowest BCUT2D eigenvalue weighted by atomic mass is 9.68. The Morgan fingerprint density at radius 3 is 2.71 bits per heavy atom. The molecule has 0 bridgehead atoms. The highest BCUT2D eigenvalue weighted by atomic mass is 35.5. The normalized spacial score (nSPS) is 17.2. The molecule has 1 aromatic heterocycles. The van der Waals surface area contributed by atoms with E-state index in [2.05, 4.69) is 5.32 Å². The largest absolute Gasteiger partial charge is 0.392 e. The van der Waals surface area contributed by atoms with Gasteiger partial charge >= 0.3 is 0 Å². The first-order chi connectivity index (χ1) is 8.04. The number of nitrogens with one attached hydrogen (secondary N) is 1. The Balaban J connectivity index is 1.95. The molecule has 1 fully saturated rings. The molecule has 1 amide bonds. The average molecular weight is 289 g/mol. The lowest BCUT2D eigenvalue weighted by Crippen LogP contribution is -2.52. The van der Waals surface area contributed by atoms with Crippen LogP contribution in [-0.2, 0) is 11.3 Å². The van der Waals surface area contributed by atoms with Crippen molar-refractivity contribution in [1.29, 1.82) is 0 Å². The molecular weight excluding hydrogens is 276 g/mol. The highest BCUT2D eigenvalue weighted by Gasteiger charge is 2.46. The van der Waals surface area contributed by atoms with Gasteiger partial charge in [-0.25, -0.2) is 0 Å². The van der Waals surface area contributed by atoms with Crippen molar-refractivity contribution in [3.05, 3.63) is 21.3 Å². The zero-order chi connectivity index (χ0) is 12.5. The molecule has 0 aliphatic heterocycles. The molecule has 0 radical (unpaired) electrons. The highest BCUT2D eigenvalue weighted by Crippen LogP contribution is 2.41. The number of thiophene rings is 1. The van der Waals surface area contributed by atoms with Crippen molar-refractivity contribution >= 4 is 46.1 Å². The number of carbonyl (C=O) groups is 1. The molecule has 1 aromatic rings. The lowest BCUT2D eigenvalue weighted by Gasteiger charge is -2.39. The molecule has 0 unspecified atom stereocenters. The summed E-state index contributed by atoms with van der Waals surface area (Å²) in [6.07, 6.45) is 2.54. The molecule has 1 saturated carbocycles. The minimum Gasteiger partial charge on any atom is -0.392 e. The van der Waals surface area contributed by atoms with Gasteiger partial charge in [-0.05, 0) is 25.0 Å². The first kappa shape index (κ1) is 12.8. The molecule has 0 atom stereocenters. The van der Waals surface area contributed by atoms with E-state index in [1.807, 2.05) is 12.1 Å². The molecule has 3 nitrogen and oxygen atoms in total. The Labute approximate surface area is 114 Å². The van der Waals surface area contributed by atoms with Gasteiger partial charge in [0.05, 0.1) is 21.3 Å². The number of amides is 1. The van der Waals surface area contributed by atoms with Crippen LogP contribution in [0.25, 0.3) is 0 Å². The van der Waals surface area contributed by atoms with Gasteiger partial charge in [-0.2, -0.15) is 0 Å². The van der Waals surface area contributed by atoms with Gasteiger partial charge in [-0.15, -0.1) is 11.3 Å². The van der Waals surface area contributed by atoms with Crippen LogP contribution in [0, 0.1) is 5.41 Å². The van der Waals surface area contributed by atoms with Crippen LogP contribution in [0.2, 0.25) is 4.34 Å². The summed E-state index contributed by atoms with van der Waals surface area (Å²) in [6, 6.07) is 3.72. The van der Waals surface area contributed by atoms with E-state index < -0.39 is 5.41 Å². The number of halogens is 1. The van der Waals surface area contributed by atoms with Crippen LogP contribution in [0.1, 0.15) is 24.1 Å². The van der Waals surface area contributed by atoms with Crippen molar-refractivity contribution in [2.24, 2.45) is 11.1 Å². The minimum atomic E-state index is -0.601. The molecule has 0 saturated heterocycles. The van der Waals surface area contributed by atoms with Crippen molar-refractivity contribution in [1.82, 2.24) is 5.32 Å². The van der Waals surface area contributed by atoms with E-state index in [0.29, 0.717) is 11.5 Å². The molecule has 6 heteroatoms. The first-order valence-electron chi connectivity index (χ1n) is 5.37. The van der Waals surface area contributed by atoms with Gasteiger partial charge in [0, 0.05) is 4.88 Å². The van der Waals surface area contributed by atoms with Gasteiger partial charge in [0.25, 0.3) is 0 Å². The molecule has 1 aliphatic rings. The van der Waals surface area contributed by atoms with E-state index in [1.165, 1.54) is 11.3 Å². The molecule has 0 spiro atoms. The minimum absolute atomic E-state index is 0.0548. The molecular formula is C11H13ClN2OS2. The Hall–Kier alpha value is -0.650. The van der Waals surface area contributed by atoms with E-state index in [4.69, 9.17) is 29.6 Å². The van der Waals surface area contributed by atoms with Gasteiger partial charge in [0.1, 0.15) is 0 Å². The monoisotopic (exact) mass is 288 g/mol. The summed E-state index contributed by atoms with van der Waals surface area (Å²) in [5.41, 5.74) is 5.06. The van der Waals surface area contributed by atoms with E-state index in [9.17, 15) is 4.79 Å². The summed E-state index contributed by atoms with van der Waals surface area (Å²) in [5, 5.41) is 2.88. The first-order valence-corrected chi connectivity index (χ1v) is 6.97. The topological polar surface area (TPSA) is 55.1 Å². The average Bonchev–Trinajstić information content (AvgIpc) is 2.59. The molecule has 0 aromatic carbocycles. The third-order valence-corrected chi connectivity index (χ3v) is 4.79. The Morgan fingerprint density at radius 1 is 1.59 bits per heavy atom. The number of thiocarbonyl (C=S) groups is 1. The van der Waals surface area contributed by atoms with Crippen LogP contribution < -0.4 is 11.1 Å². The summed E-state index contributed by atoms with van der Waals surface area (Å²) in [7, 11) is 0. The van der Waals surface area contributed by atoms with Crippen molar-refractivity contribution in [3.8, 4) is 0 Å². The van der Waals surface area contributed by atoms with E-state index in [1.54, 1.807) is 0 Å². The summed E-state index contributed by atoms with van der Waals surface area (Å²) in [6.45, 7) is 0.487. The predicted octanol–water partition coefficient (Wildman–Crippen LogP) is 2.47. The van der Waals surface area contributed by atoms with E-state index in [0.717, 1.165) is 28.5 Å². The number of hydrogen-bond acceptors (Lipinski definition) is 3. The zero-order valence-electron chi connectivity index (χ0n) is 9.16. The Morgan fingerprint density at radius 2 is 2.29 bits per heavy atom. The fourth-order valence-corrected chi connectivity index (χ4v) is 3.22. The fraction of sp³-hybridized carbons (Fsp3) is 0.455.